The zero-order valence-corrected chi connectivity index (χ0v) is 12.0. The van der Waals surface area contributed by atoms with E-state index in [2.05, 4.69) is 15.4 Å². The number of carbonyl (C=O) groups is 2. The maximum Gasteiger partial charge on any atom is 0.319 e. The van der Waals surface area contributed by atoms with Gasteiger partial charge in [-0.05, 0) is 24.3 Å². The highest BCUT2D eigenvalue weighted by Gasteiger charge is 2.02. The van der Waals surface area contributed by atoms with Gasteiger partial charge < -0.3 is 15.4 Å². The fraction of sp³-hybridized carbons (Fsp3) is 0.385. The normalized spacial score (nSPS) is 9.90. The van der Waals surface area contributed by atoms with Crippen molar-refractivity contribution in [3.8, 4) is 0 Å². The molecule has 0 aliphatic heterocycles. The van der Waals surface area contributed by atoms with Gasteiger partial charge in [-0.3, -0.25) is 4.79 Å². The van der Waals surface area contributed by atoms with E-state index in [-0.39, 0.29) is 17.8 Å². The van der Waals surface area contributed by atoms with Gasteiger partial charge in [0.05, 0.1) is 13.5 Å². The summed E-state index contributed by atoms with van der Waals surface area (Å²) in [4.78, 5) is 22.3. The molecule has 0 atom stereocenters. The van der Waals surface area contributed by atoms with Gasteiger partial charge in [-0.25, -0.2) is 9.18 Å². The van der Waals surface area contributed by atoms with Crippen molar-refractivity contribution in [1.29, 1.82) is 0 Å². The number of thioether (sulfide) groups is 1. The van der Waals surface area contributed by atoms with Gasteiger partial charge in [-0.2, -0.15) is 11.8 Å². The molecule has 1 aromatic rings. The lowest BCUT2D eigenvalue weighted by Gasteiger charge is -2.07. The van der Waals surface area contributed by atoms with E-state index in [1.165, 1.54) is 31.4 Å². The zero-order chi connectivity index (χ0) is 14.8. The van der Waals surface area contributed by atoms with Gasteiger partial charge in [-0.1, -0.05) is 0 Å². The number of rotatable bonds is 7. The summed E-state index contributed by atoms with van der Waals surface area (Å²) in [5, 5.41) is 5.25. The van der Waals surface area contributed by atoms with Crippen LogP contribution >= 0.6 is 11.8 Å². The van der Waals surface area contributed by atoms with Crippen LogP contribution in [0.1, 0.15) is 6.42 Å². The molecule has 1 rings (SSSR count). The Morgan fingerprint density at radius 2 is 1.95 bits per heavy atom. The molecule has 1 aromatic carbocycles. The SMILES string of the molecule is COC(=O)CCSCCNC(=O)Nc1ccc(F)cc1. The van der Waals surface area contributed by atoms with Gasteiger partial charge in [0.2, 0.25) is 0 Å². The van der Waals surface area contributed by atoms with Gasteiger partial charge in [0.15, 0.2) is 0 Å². The second kappa shape index (κ2) is 9.19. The largest absolute Gasteiger partial charge is 0.469 e. The lowest BCUT2D eigenvalue weighted by atomic mass is 10.3. The number of anilines is 1. The third-order valence-corrected chi connectivity index (χ3v) is 3.30. The van der Waals surface area contributed by atoms with Crippen molar-refractivity contribution in [3.05, 3.63) is 30.1 Å². The van der Waals surface area contributed by atoms with Gasteiger partial charge in [0, 0.05) is 23.7 Å². The number of hydrogen-bond acceptors (Lipinski definition) is 4. The van der Waals surface area contributed by atoms with E-state index in [9.17, 15) is 14.0 Å². The van der Waals surface area contributed by atoms with Crippen molar-refractivity contribution >= 4 is 29.4 Å². The average Bonchev–Trinajstić information content (AvgIpc) is 2.44. The van der Waals surface area contributed by atoms with E-state index in [4.69, 9.17) is 0 Å². The average molecular weight is 300 g/mol. The van der Waals surface area contributed by atoms with Crippen LogP contribution in [0.2, 0.25) is 0 Å². The van der Waals surface area contributed by atoms with Crippen molar-refractivity contribution in [1.82, 2.24) is 5.32 Å². The molecule has 0 radical (unpaired) electrons. The Balaban J connectivity index is 2.08. The van der Waals surface area contributed by atoms with E-state index >= 15 is 0 Å². The number of benzene rings is 1. The highest BCUT2D eigenvalue weighted by molar-refractivity contribution is 7.99. The minimum absolute atomic E-state index is 0.237. The molecule has 5 nitrogen and oxygen atoms in total. The quantitative estimate of drug-likeness (QED) is 0.598. The van der Waals surface area contributed by atoms with Crippen LogP contribution in [0.4, 0.5) is 14.9 Å². The Morgan fingerprint density at radius 3 is 2.60 bits per heavy atom. The molecule has 20 heavy (non-hydrogen) atoms. The Bertz CT molecular complexity index is 440. The molecular weight excluding hydrogens is 283 g/mol. The Morgan fingerprint density at radius 1 is 1.25 bits per heavy atom. The molecule has 0 saturated heterocycles. The third-order valence-electron chi connectivity index (χ3n) is 2.31. The molecule has 0 aromatic heterocycles. The van der Waals surface area contributed by atoms with Crippen LogP contribution in [0.3, 0.4) is 0 Å². The predicted molar refractivity (Wildman–Crippen MR) is 77.4 cm³/mol. The van der Waals surface area contributed by atoms with Gasteiger partial charge >= 0.3 is 12.0 Å². The van der Waals surface area contributed by atoms with Crippen molar-refractivity contribution in [3.63, 3.8) is 0 Å². The summed E-state index contributed by atoms with van der Waals surface area (Å²) in [6.07, 6.45) is 0.364. The molecule has 7 heteroatoms. The molecule has 0 saturated carbocycles. The molecule has 2 N–H and O–H groups in total. The number of ether oxygens (including phenoxy) is 1. The number of nitrogens with one attached hydrogen (secondary N) is 2. The summed E-state index contributed by atoms with van der Waals surface area (Å²) in [5.41, 5.74) is 0.530. The van der Waals surface area contributed by atoms with Crippen molar-refractivity contribution in [2.75, 3.05) is 30.5 Å². The smallest absolute Gasteiger partial charge is 0.319 e. The fourth-order valence-electron chi connectivity index (χ4n) is 1.30. The summed E-state index contributed by atoms with van der Waals surface area (Å²) in [6.45, 7) is 0.485. The van der Waals surface area contributed by atoms with Crippen molar-refractivity contribution in [2.24, 2.45) is 0 Å². The minimum atomic E-state index is -0.349. The summed E-state index contributed by atoms with van der Waals surface area (Å²) in [7, 11) is 1.36. The van der Waals surface area contributed by atoms with Crippen LogP contribution in [0, 0.1) is 5.82 Å². The van der Waals surface area contributed by atoms with Crippen LogP contribution < -0.4 is 10.6 Å². The number of halogens is 1. The second-order valence-corrected chi connectivity index (χ2v) is 5.05. The molecule has 0 unspecified atom stereocenters. The minimum Gasteiger partial charge on any atom is -0.469 e. The summed E-state index contributed by atoms with van der Waals surface area (Å²) < 4.78 is 17.2. The topological polar surface area (TPSA) is 67.4 Å². The first kappa shape index (κ1) is 16.3. The molecule has 0 aliphatic rings. The molecule has 0 bridgehead atoms. The highest BCUT2D eigenvalue weighted by atomic mass is 32.2. The van der Waals surface area contributed by atoms with E-state index < -0.39 is 0 Å². The lowest BCUT2D eigenvalue weighted by molar-refractivity contribution is -0.140. The molecule has 0 heterocycles. The fourth-order valence-corrected chi connectivity index (χ4v) is 2.07. The van der Waals surface area contributed by atoms with Gasteiger partial charge in [-0.15, -0.1) is 0 Å². The van der Waals surface area contributed by atoms with Crippen LogP contribution in [0.5, 0.6) is 0 Å². The molecule has 0 spiro atoms. The molecular formula is C13H17FN2O3S. The van der Waals surface area contributed by atoms with Crippen molar-refractivity contribution < 1.29 is 18.7 Å². The molecule has 110 valence electrons. The highest BCUT2D eigenvalue weighted by Crippen LogP contribution is 2.07. The number of hydrogen-bond donors (Lipinski definition) is 2. The summed E-state index contributed by atoms with van der Waals surface area (Å²) in [6, 6.07) is 5.18. The van der Waals surface area contributed by atoms with Gasteiger partial charge in [0.25, 0.3) is 0 Å². The number of methoxy groups -OCH3 is 1. The third kappa shape index (κ3) is 6.98. The second-order valence-electron chi connectivity index (χ2n) is 3.83. The molecule has 0 fully saturated rings. The maximum atomic E-state index is 12.7. The molecule has 0 aliphatic carbocycles. The van der Waals surface area contributed by atoms with Crippen LogP contribution in [-0.4, -0.2) is 37.2 Å². The Kier molecular flexibility index (Phi) is 7.49. The van der Waals surface area contributed by atoms with Crippen molar-refractivity contribution in [2.45, 2.75) is 6.42 Å². The Labute approximate surface area is 121 Å². The number of amides is 2. The summed E-state index contributed by atoms with van der Waals surface area (Å²) in [5.74, 6) is 0.777. The first-order valence-electron chi connectivity index (χ1n) is 6.07. The maximum absolute atomic E-state index is 12.7. The molecule has 2 amide bonds. The van der Waals surface area contributed by atoms with Gasteiger partial charge in [0.1, 0.15) is 5.82 Å². The van der Waals surface area contributed by atoms with E-state index in [1.807, 2.05) is 0 Å². The zero-order valence-electron chi connectivity index (χ0n) is 11.1. The van der Waals surface area contributed by atoms with Crippen LogP contribution in [0.25, 0.3) is 0 Å². The number of urea groups is 1. The van der Waals surface area contributed by atoms with E-state index in [1.54, 1.807) is 11.8 Å². The van der Waals surface area contributed by atoms with E-state index in [0.717, 1.165) is 0 Å². The standard InChI is InChI=1S/C13H17FN2O3S/c1-19-12(17)6-8-20-9-7-15-13(18)16-11-4-2-10(14)3-5-11/h2-5H,6-9H2,1H3,(H2,15,16,18). The number of esters is 1. The predicted octanol–water partition coefficient (Wildman–Crippen LogP) is 2.24. The van der Waals surface area contributed by atoms with E-state index in [0.29, 0.717) is 30.2 Å². The van der Waals surface area contributed by atoms with Crippen LogP contribution in [-0.2, 0) is 9.53 Å². The number of carbonyl (C=O) groups excluding carboxylic acids is 2. The van der Waals surface area contributed by atoms with Crippen LogP contribution in [0.15, 0.2) is 24.3 Å². The summed E-state index contributed by atoms with van der Waals surface area (Å²) >= 11 is 1.55. The lowest BCUT2D eigenvalue weighted by Crippen LogP contribution is -2.30. The first-order chi connectivity index (χ1) is 9.61. The monoisotopic (exact) mass is 300 g/mol. The first-order valence-corrected chi connectivity index (χ1v) is 7.22. The Hall–Kier alpha value is -1.76.